The fraction of sp³-hybridized carbons (Fsp3) is 0.0833. The summed E-state index contributed by atoms with van der Waals surface area (Å²) in [5.41, 5.74) is -1.37. The molecule has 1 amide bonds. The molecule has 2 aromatic rings. The smallest absolute Gasteiger partial charge is 0.322 e. The lowest BCUT2D eigenvalue weighted by molar-refractivity contribution is -0.116. The first-order valence-corrected chi connectivity index (χ1v) is 5.88. The molecule has 6 nitrogen and oxygen atoms in total. The minimum atomic E-state index is -0.723. The van der Waals surface area contributed by atoms with Crippen molar-refractivity contribution in [3.8, 4) is 0 Å². The van der Waals surface area contributed by atoms with E-state index in [4.69, 9.17) is 11.6 Å². The molecule has 0 atom stereocenters. The maximum absolute atomic E-state index is 13.4. The average molecular weight is 298 g/mol. The second-order valence-corrected chi connectivity index (χ2v) is 4.35. The molecule has 104 valence electrons. The zero-order valence-corrected chi connectivity index (χ0v) is 10.8. The summed E-state index contributed by atoms with van der Waals surface area (Å²) in [4.78, 5) is 36.0. The number of hydrogen-bond donors (Lipinski definition) is 2. The van der Waals surface area contributed by atoms with Gasteiger partial charge in [0.05, 0.1) is 5.69 Å². The average Bonchev–Trinajstić information content (AvgIpc) is 2.37. The number of nitrogens with one attached hydrogen (secondary N) is 2. The Morgan fingerprint density at radius 3 is 2.80 bits per heavy atom. The normalized spacial score (nSPS) is 10.3. The van der Waals surface area contributed by atoms with Crippen LogP contribution in [0.15, 0.2) is 40.1 Å². The van der Waals surface area contributed by atoms with Crippen LogP contribution in [0.5, 0.6) is 0 Å². The Balaban J connectivity index is 2.15. The van der Waals surface area contributed by atoms with Crippen LogP contribution in [-0.2, 0) is 11.3 Å². The number of aromatic amines is 1. The van der Waals surface area contributed by atoms with Crippen molar-refractivity contribution < 1.29 is 9.18 Å². The van der Waals surface area contributed by atoms with E-state index < -0.39 is 23.0 Å². The molecule has 0 saturated carbocycles. The van der Waals surface area contributed by atoms with Gasteiger partial charge in [0, 0.05) is 17.3 Å². The Bertz CT molecular complexity index is 769. The number of amides is 1. The SMILES string of the molecule is O=C(Cn1ccc(=O)[nH]c1=O)Nc1cc(Cl)ccc1F. The largest absolute Gasteiger partial charge is 0.328 e. The summed E-state index contributed by atoms with van der Waals surface area (Å²) in [6.07, 6.45) is 1.18. The standard InChI is InChI=1S/C12H9ClFN3O3/c13-7-1-2-8(14)9(5-7)15-11(19)6-17-4-3-10(18)16-12(17)20/h1-5H,6H2,(H,15,19)(H,16,18,20). The van der Waals surface area contributed by atoms with E-state index in [0.29, 0.717) is 0 Å². The molecule has 0 fully saturated rings. The molecule has 2 rings (SSSR count). The van der Waals surface area contributed by atoms with E-state index in [1.165, 1.54) is 18.3 Å². The van der Waals surface area contributed by atoms with E-state index in [0.717, 1.165) is 16.7 Å². The van der Waals surface area contributed by atoms with Gasteiger partial charge in [-0.15, -0.1) is 0 Å². The van der Waals surface area contributed by atoms with Gasteiger partial charge in [-0.3, -0.25) is 19.1 Å². The lowest BCUT2D eigenvalue weighted by Crippen LogP contribution is -2.32. The van der Waals surface area contributed by atoms with Crippen molar-refractivity contribution >= 4 is 23.2 Å². The van der Waals surface area contributed by atoms with E-state index in [1.54, 1.807) is 0 Å². The van der Waals surface area contributed by atoms with Crippen LogP contribution >= 0.6 is 11.6 Å². The van der Waals surface area contributed by atoms with Crippen LogP contribution in [0.4, 0.5) is 10.1 Å². The molecule has 0 aliphatic rings. The van der Waals surface area contributed by atoms with Crippen LogP contribution in [0.25, 0.3) is 0 Å². The summed E-state index contributed by atoms with van der Waals surface area (Å²) < 4.78 is 14.4. The fourth-order valence-corrected chi connectivity index (χ4v) is 1.68. The highest BCUT2D eigenvalue weighted by molar-refractivity contribution is 6.30. The van der Waals surface area contributed by atoms with Gasteiger partial charge in [-0.25, -0.2) is 9.18 Å². The second kappa shape index (κ2) is 5.70. The first kappa shape index (κ1) is 14.0. The Hall–Kier alpha value is -2.41. The number of carbonyl (C=O) groups is 1. The maximum Gasteiger partial charge on any atom is 0.328 e. The van der Waals surface area contributed by atoms with Gasteiger partial charge in [-0.1, -0.05) is 11.6 Å². The number of benzene rings is 1. The Morgan fingerprint density at radius 1 is 1.35 bits per heavy atom. The minimum absolute atomic E-state index is 0.0834. The highest BCUT2D eigenvalue weighted by Crippen LogP contribution is 2.19. The maximum atomic E-state index is 13.4. The van der Waals surface area contributed by atoms with Crippen LogP contribution in [0.3, 0.4) is 0 Å². The van der Waals surface area contributed by atoms with Crippen LogP contribution in [0, 0.1) is 5.82 Å². The zero-order valence-electron chi connectivity index (χ0n) is 10.0. The van der Waals surface area contributed by atoms with Crippen molar-refractivity contribution in [3.05, 3.63) is 62.1 Å². The molecule has 0 aliphatic heterocycles. The third-order valence-electron chi connectivity index (χ3n) is 2.41. The van der Waals surface area contributed by atoms with Crippen molar-refractivity contribution in [2.24, 2.45) is 0 Å². The molecule has 0 spiro atoms. The number of rotatable bonds is 3. The van der Waals surface area contributed by atoms with Gasteiger partial charge in [0.1, 0.15) is 12.4 Å². The topological polar surface area (TPSA) is 84.0 Å². The van der Waals surface area contributed by atoms with Crippen molar-refractivity contribution in [1.82, 2.24) is 9.55 Å². The summed E-state index contributed by atoms with van der Waals surface area (Å²) in [5.74, 6) is -1.27. The molecule has 0 bridgehead atoms. The van der Waals surface area contributed by atoms with E-state index in [1.807, 2.05) is 4.98 Å². The van der Waals surface area contributed by atoms with Crippen molar-refractivity contribution in [2.75, 3.05) is 5.32 Å². The first-order chi connectivity index (χ1) is 9.45. The van der Waals surface area contributed by atoms with Gasteiger partial charge in [-0.2, -0.15) is 0 Å². The highest BCUT2D eigenvalue weighted by atomic mass is 35.5. The molecule has 1 heterocycles. The molecule has 1 aromatic heterocycles. The number of hydrogen-bond acceptors (Lipinski definition) is 3. The number of halogens is 2. The van der Waals surface area contributed by atoms with Crippen molar-refractivity contribution in [2.45, 2.75) is 6.54 Å². The molecule has 1 aromatic carbocycles. The highest BCUT2D eigenvalue weighted by Gasteiger charge is 2.09. The Kier molecular flexibility index (Phi) is 3.99. The number of H-pyrrole nitrogens is 1. The third kappa shape index (κ3) is 3.33. The van der Waals surface area contributed by atoms with Crippen molar-refractivity contribution in [1.29, 1.82) is 0 Å². The van der Waals surface area contributed by atoms with E-state index >= 15 is 0 Å². The van der Waals surface area contributed by atoms with Crippen LogP contribution in [-0.4, -0.2) is 15.5 Å². The molecule has 0 saturated heterocycles. The fourth-order valence-electron chi connectivity index (χ4n) is 1.51. The van der Waals surface area contributed by atoms with Gasteiger partial charge < -0.3 is 5.32 Å². The van der Waals surface area contributed by atoms with Crippen LogP contribution in [0.1, 0.15) is 0 Å². The summed E-state index contributed by atoms with van der Waals surface area (Å²) in [7, 11) is 0. The van der Waals surface area contributed by atoms with E-state index in [2.05, 4.69) is 5.32 Å². The molecule has 0 radical (unpaired) electrons. The van der Waals surface area contributed by atoms with Gasteiger partial charge in [0.25, 0.3) is 5.56 Å². The lowest BCUT2D eigenvalue weighted by Gasteiger charge is -2.08. The number of aromatic nitrogens is 2. The Labute approximate surface area is 116 Å². The van der Waals surface area contributed by atoms with Gasteiger partial charge in [0.15, 0.2) is 0 Å². The molecule has 8 heteroatoms. The molecular formula is C12H9ClFN3O3. The van der Waals surface area contributed by atoms with Gasteiger partial charge in [-0.05, 0) is 18.2 Å². The summed E-state index contributed by atoms with van der Waals surface area (Å²) in [6.45, 7) is -0.360. The van der Waals surface area contributed by atoms with Gasteiger partial charge >= 0.3 is 5.69 Å². The van der Waals surface area contributed by atoms with Crippen LogP contribution in [0.2, 0.25) is 5.02 Å². The number of carbonyl (C=O) groups excluding carboxylic acids is 1. The Morgan fingerprint density at radius 2 is 2.10 bits per heavy atom. The summed E-state index contributed by atoms with van der Waals surface area (Å²) in [6, 6.07) is 4.82. The molecule has 0 unspecified atom stereocenters. The quantitative estimate of drug-likeness (QED) is 0.885. The first-order valence-electron chi connectivity index (χ1n) is 5.50. The molecule has 0 aliphatic carbocycles. The van der Waals surface area contributed by atoms with E-state index in [-0.39, 0.29) is 17.3 Å². The predicted molar refractivity (Wildman–Crippen MR) is 71.4 cm³/mol. The molecule has 2 N–H and O–H groups in total. The molecule has 20 heavy (non-hydrogen) atoms. The monoisotopic (exact) mass is 297 g/mol. The minimum Gasteiger partial charge on any atom is -0.322 e. The summed E-state index contributed by atoms with van der Waals surface area (Å²) in [5, 5.41) is 2.56. The van der Waals surface area contributed by atoms with Crippen LogP contribution < -0.4 is 16.6 Å². The summed E-state index contributed by atoms with van der Waals surface area (Å²) >= 11 is 5.69. The predicted octanol–water partition coefficient (Wildman–Crippen LogP) is 0.968. The molecular weight excluding hydrogens is 289 g/mol. The van der Waals surface area contributed by atoms with E-state index in [9.17, 15) is 18.8 Å². The number of nitrogens with zero attached hydrogens (tertiary/aromatic N) is 1. The third-order valence-corrected chi connectivity index (χ3v) is 2.65. The van der Waals surface area contributed by atoms with Gasteiger partial charge in [0.2, 0.25) is 5.91 Å². The second-order valence-electron chi connectivity index (χ2n) is 3.91. The number of anilines is 1. The lowest BCUT2D eigenvalue weighted by atomic mass is 10.3. The zero-order chi connectivity index (χ0) is 14.7. The van der Waals surface area contributed by atoms with Crippen molar-refractivity contribution in [3.63, 3.8) is 0 Å².